The number of aromatic carboxylic acids is 1. The van der Waals surface area contributed by atoms with E-state index in [4.69, 9.17) is 5.11 Å². The number of carboxylic acid groups (broad SMARTS) is 1. The van der Waals surface area contributed by atoms with Gasteiger partial charge in [-0.15, -0.1) is 0 Å². The van der Waals surface area contributed by atoms with E-state index in [-0.39, 0.29) is 17.4 Å². The third kappa shape index (κ3) is 3.50. The normalized spacial score (nSPS) is 19.1. The van der Waals surface area contributed by atoms with Crippen molar-refractivity contribution >= 4 is 27.8 Å². The second kappa shape index (κ2) is 6.11. The first-order valence-electron chi connectivity index (χ1n) is 6.04. The van der Waals surface area contributed by atoms with Crippen LogP contribution in [0.4, 0.5) is 4.39 Å². The minimum absolute atomic E-state index is 0.214. The van der Waals surface area contributed by atoms with Crippen molar-refractivity contribution in [3.8, 4) is 0 Å². The lowest BCUT2D eigenvalue weighted by Gasteiger charge is -2.11. The molecule has 0 amide bonds. The number of rotatable bonds is 5. The van der Waals surface area contributed by atoms with Gasteiger partial charge >= 0.3 is 5.97 Å². The molecule has 1 aromatic carbocycles. The Morgan fingerprint density at radius 3 is 2.80 bits per heavy atom. The van der Waals surface area contributed by atoms with Crippen molar-refractivity contribution in [3.63, 3.8) is 0 Å². The van der Waals surface area contributed by atoms with Crippen LogP contribution in [0.3, 0.4) is 0 Å². The van der Waals surface area contributed by atoms with Gasteiger partial charge < -0.3 is 5.11 Å². The van der Waals surface area contributed by atoms with Crippen LogP contribution in [0.15, 0.2) is 23.1 Å². The average Bonchev–Trinajstić information content (AvgIpc) is 2.89. The lowest BCUT2D eigenvalue weighted by atomic mass is 10.2. The van der Waals surface area contributed by atoms with E-state index in [0.29, 0.717) is 6.07 Å². The van der Waals surface area contributed by atoms with Crippen molar-refractivity contribution in [2.45, 2.75) is 23.0 Å². The van der Waals surface area contributed by atoms with Crippen molar-refractivity contribution < 1.29 is 22.7 Å². The predicted molar refractivity (Wildman–Crippen MR) is 74.0 cm³/mol. The number of halogens is 1. The fourth-order valence-corrected chi connectivity index (χ4v) is 4.38. The van der Waals surface area contributed by atoms with Crippen LogP contribution in [0.1, 0.15) is 23.2 Å². The molecule has 1 atom stereocenters. The first-order chi connectivity index (χ1) is 9.40. The van der Waals surface area contributed by atoms with Gasteiger partial charge in [-0.3, -0.25) is 0 Å². The second-order valence-corrected chi connectivity index (χ2v) is 7.58. The predicted octanol–water partition coefficient (Wildman–Crippen LogP) is 1.70. The van der Waals surface area contributed by atoms with Crippen molar-refractivity contribution in [2.24, 2.45) is 0 Å². The summed E-state index contributed by atoms with van der Waals surface area (Å²) in [5.74, 6) is -1.35. The molecule has 0 bridgehead atoms. The minimum atomic E-state index is -3.95. The molecule has 0 spiro atoms. The molecule has 1 heterocycles. The lowest BCUT2D eigenvalue weighted by molar-refractivity contribution is 0.0696. The first kappa shape index (κ1) is 15.3. The molecule has 0 radical (unpaired) electrons. The summed E-state index contributed by atoms with van der Waals surface area (Å²) in [7, 11) is -3.95. The van der Waals surface area contributed by atoms with Crippen LogP contribution in [0.2, 0.25) is 0 Å². The van der Waals surface area contributed by atoms with Gasteiger partial charge in [-0.05, 0) is 36.8 Å². The maximum atomic E-state index is 13.7. The third-order valence-electron chi connectivity index (χ3n) is 2.99. The van der Waals surface area contributed by atoms with Gasteiger partial charge in [0.05, 0.1) is 5.56 Å². The van der Waals surface area contributed by atoms with Crippen molar-refractivity contribution in [2.75, 3.05) is 12.3 Å². The van der Waals surface area contributed by atoms with Crippen LogP contribution >= 0.6 is 11.8 Å². The summed E-state index contributed by atoms with van der Waals surface area (Å²) in [4.78, 5) is 10.2. The van der Waals surface area contributed by atoms with Crippen LogP contribution in [0, 0.1) is 5.82 Å². The van der Waals surface area contributed by atoms with Gasteiger partial charge in [-0.25, -0.2) is 22.3 Å². The molecule has 8 heteroatoms. The van der Waals surface area contributed by atoms with E-state index in [2.05, 4.69) is 4.72 Å². The number of carbonyl (C=O) groups is 1. The molecule has 0 aromatic heterocycles. The zero-order chi connectivity index (χ0) is 14.8. The summed E-state index contributed by atoms with van der Waals surface area (Å²) in [6, 6.07) is 2.76. The zero-order valence-corrected chi connectivity index (χ0v) is 12.1. The van der Waals surface area contributed by atoms with E-state index in [1.54, 1.807) is 11.8 Å². The molecule has 1 aliphatic rings. The molecule has 1 saturated heterocycles. The van der Waals surface area contributed by atoms with E-state index >= 15 is 0 Å². The number of benzene rings is 1. The first-order valence-corrected chi connectivity index (χ1v) is 8.57. The van der Waals surface area contributed by atoms with E-state index in [1.165, 1.54) is 0 Å². The van der Waals surface area contributed by atoms with Gasteiger partial charge in [-0.2, -0.15) is 11.8 Å². The number of nitrogens with one attached hydrogen (secondary N) is 1. The van der Waals surface area contributed by atoms with E-state index in [9.17, 15) is 17.6 Å². The maximum Gasteiger partial charge on any atom is 0.335 e. The van der Waals surface area contributed by atoms with E-state index in [1.807, 2.05) is 0 Å². The summed E-state index contributed by atoms with van der Waals surface area (Å²) in [5, 5.41) is 8.93. The van der Waals surface area contributed by atoms with Gasteiger partial charge in [0.2, 0.25) is 10.0 Å². The fraction of sp³-hybridized carbons (Fsp3) is 0.417. The highest BCUT2D eigenvalue weighted by molar-refractivity contribution is 8.00. The van der Waals surface area contributed by atoms with Gasteiger partial charge in [-0.1, -0.05) is 0 Å². The van der Waals surface area contributed by atoms with Crippen LogP contribution in [0.25, 0.3) is 0 Å². The Balaban J connectivity index is 2.14. The molecule has 1 aromatic rings. The molecule has 2 rings (SSSR count). The summed E-state index contributed by atoms with van der Waals surface area (Å²) in [6.45, 7) is 0.257. The molecule has 20 heavy (non-hydrogen) atoms. The molecule has 0 saturated carbocycles. The van der Waals surface area contributed by atoms with Crippen LogP contribution < -0.4 is 4.72 Å². The number of sulfonamides is 1. The highest BCUT2D eigenvalue weighted by Gasteiger charge is 2.23. The third-order valence-corrected chi connectivity index (χ3v) is 5.85. The van der Waals surface area contributed by atoms with Crippen molar-refractivity contribution in [1.82, 2.24) is 4.72 Å². The standard InChI is InChI=1S/C12H14FNO4S2/c13-10-6-8(12(15)16)3-4-11(10)20(17,18)14-7-9-2-1-5-19-9/h3-4,6,9,14H,1-2,5,7H2,(H,15,16). The van der Waals surface area contributed by atoms with Crippen LogP contribution in [-0.4, -0.2) is 37.0 Å². The summed E-state index contributed by atoms with van der Waals surface area (Å²) >= 11 is 1.69. The van der Waals surface area contributed by atoms with Gasteiger partial charge in [0.1, 0.15) is 10.7 Å². The molecule has 0 aliphatic carbocycles. The molecule has 5 nitrogen and oxygen atoms in total. The van der Waals surface area contributed by atoms with Gasteiger partial charge in [0, 0.05) is 11.8 Å². The molecular weight excluding hydrogens is 305 g/mol. The SMILES string of the molecule is O=C(O)c1ccc(S(=O)(=O)NCC2CCCS2)c(F)c1. The van der Waals surface area contributed by atoms with Crippen LogP contribution in [0.5, 0.6) is 0 Å². The topological polar surface area (TPSA) is 83.5 Å². The lowest BCUT2D eigenvalue weighted by Crippen LogP contribution is -2.30. The van der Waals surface area contributed by atoms with Crippen LogP contribution in [-0.2, 0) is 10.0 Å². The Morgan fingerprint density at radius 2 is 2.25 bits per heavy atom. The summed E-state index contributed by atoms with van der Waals surface area (Å²) in [6.07, 6.45) is 1.99. The highest BCUT2D eigenvalue weighted by atomic mass is 32.2. The summed E-state index contributed by atoms with van der Waals surface area (Å²) < 4.78 is 40.1. The Bertz CT molecular complexity index is 612. The number of thioether (sulfide) groups is 1. The quantitative estimate of drug-likeness (QED) is 0.863. The molecule has 110 valence electrons. The molecule has 1 unspecified atom stereocenters. The Kier molecular flexibility index (Phi) is 4.66. The molecule has 1 aliphatic heterocycles. The van der Waals surface area contributed by atoms with E-state index in [0.717, 1.165) is 30.7 Å². The highest BCUT2D eigenvalue weighted by Crippen LogP contribution is 2.26. The zero-order valence-electron chi connectivity index (χ0n) is 10.5. The minimum Gasteiger partial charge on any atom is -0.478 e. The van der Waals surface area contributed by atoms with Crippen molar-refractivity contribution in [3.05, 3.63) is 29.6 Å². The average molecular weight is 319 g/mol. The Hall–Kier alpha value is -1.12. The Morgan fingerprint density at radius 1 is 1.50 bits per heavy atom. The van der Waals surface area contributed by atoms with Gasteiger partial charge in [0.25, 0.3) is 0 Å². The fourth-order valence-electron chi connectivity index (χ4n) is 1.94. The van der Waals surface area contributed by atoms with Crippen molar-refractivity contribution in [1.29, 1.82) is 0 Å². The smallest absolute Gasteiger partial charge is 0.335 e. The largest absolute Gasteiger partial charge is 0.478 e. The molecule has 2 N–H and O–H groups in total. The number of hydrogen-bond acceptors (Lipinski definition) is 4. The summed E-state index contributed by atoms with van der Waals surface area (Å²) in [5.41, 5.74) is -0.284. The monoisotopic (exact) mass is 319 g/mol. The number of carboxylic acids is 1. The Labute approximate surface area is 120 Å². The second-order valence-electron chi connectivity index (χ2n) is 4.44. The molecule has 1 fully saturated rings. The van der Waals surface area contributed by atoms with E-state index < -0.39 is 26.7 Å². The molecular formula is C12H14FNO4S2. The van der Waals surface area contributed by atoms with Gasteiger partial charge in [0.15, 0.2) is 0 Å². The maximum absolute atomic E-state index is 13.7. The number of hydrogen-bond donors (Lipinski definition) is 2.